The summed E-state index contributed by atoms with van der Waals surface area (Å²) in [5.41, 5.74) is 0. The van der Waals surface area contributed by atoms with Gasteiger partial charge >= 0.3 is 0 Å². The van der Waals surface area contributed by atoms with Crippen molar-refractivity contribution >= 4 is 64.6 Å². The third kappa shape index (κ3) is 2.00. The van der Waals surface area contributed by atoms with Crippen molar-refractivity contribution < 1.29 is 0 Å². The van der Waals surface area contributed by atoms with Gasteiger partial charge in [-0.25, -0.2) is 0 Å². The molecule has 0 unspecified atom stereocenters. The summed E-state index contributed by atoms with van der Waals surface area (Å²) in [5, 5.41) is 15.4. The van der Waals surface area contributed by atoms with E-state index in [0.29, 0.717) is 0 Å². The lowest BCUT2D eigenvalue weighted by Gasteiger charge is -2.14. The molecule has 0 amide bonds. The molecule has 7 aromatic carbocycles. The number of benzene rings is 7. The summed E-state index contributed by atoms with van der Waals surface area (Å²) in [6, 6.07) is 41.1. The lowest BCUT2D eigenvalue weighted by Crippen LogP contribution is -1.87. The summed E-state index contributed by atoms with van der Waals surface area (Å²) < 4.78 is 0. The zero-order chi connectivity index (χ0) is 19.7. The average molecular weight is 377 g/mol. The van der Waals surface area contributed by atoms with E-state index in [1.807, 2.05) is 0 Å². The maximum atomic E-state index is 3.67. The van der Waals surface area contributed by atoms with Crippen LogP contribution in [0.5, 0.6) is 0 Å². The second kappa shape index (κ2) is 5.81. The zero-order valence-electron chi connectivity index (χ0n) is 16.3. The van der Waals surface area contributed by atoms with E-state index in [2.05, 4.69) is 109 Å². The Morgan fingerprint density at radius 3 is 1.70 bits per heavy atom. The molecule has 0 heteroatoms. The van der Waals surface area contributed by atoms with Crippen LogP contribution in [-0.4, -0.2) is 0 Å². The topological polar surface area (TPSA) is 0 Å². The van der Waals surface area contributed by atoms with Crippen LogP contribution in [0.4, 0.5) is 0 Å². The van der Waals surface area contributed by atoms with Gasteiger partial charge < -0.3 is 0 Å². The summed E-state index contributed by atoms with van der Waals surface area (Å²) in [7, 11) is 0. The molecule has 0 atom stereocenters. The van der Waals surface area contributed by atoms with Gasteiger partial charge in [-0.1, -0.05) is 97.1 Å². The monoisotopic (exact) mass is 377 g/mol. The lowest BCUT2D eigenvalue weighted by molar-refractivity contribution is 1.78. The van der Waals surface area contributed by atoms with E-state index in [4.69, 9.17) is 0 Å². The Morgan fingerprint density at radius 1 is 0.367 bits per heavy atom. The van der Waals surface area contributed by atoms with Gasteiger partial charge in [0.1, 0.15) is 0 Å². The first kappa shape index (κ1) is 16.0. The zero-order valence-corrected chi connectivity index (χ0v) is 16.3. The molecule has 0 saturated carbocycles. The van der Waals surface area contributed by atoms with Gasteiger partial charge in [0.2, 0.25) is 0 Å². The minimum atomic E-state index is 1.21. The third-order valence-corrected chi connectivity index (χ3v) is 6.53. The third-order valence-electron chi connectivity index (χ3n) is 6.53. The summed E-state index contributed by atoms with van der Waals surface area (Å²) in [6.07, 6.45) is 0. The molecule has 0 spiro atoms. The predicted molar refractivity (Wildman–Crippen MR) is 130 cm³/mol. The van der Waals surface area contributed by atoms with Crippen LogP contribution in [0.3, 0.4) is 0 Å². The van der Waals surface area contributed by atoms with E-state index >= 15 is 0 Å². The number of rotatable bonds is 0. The Labute approximate surface area is 174 Å². The Morgan fingerprint density at radius 2 is 0.867 bits per heavy atom. The highest BCUT2D eigenvalue weighted by Crippen LogP contribution is 2.41. The summed E-state index contributed by atoms with van der Waals surface area (Å²) in [4.78, 5) is 0. The average Bonchev–Trinajstić information content (AvgIpc) is 2.83. The molecule has 0 nitrogen and oxygen atoms in total. The first-order valence-corrected chi connectivity index (χ1v) is 10.4. The van der Waals surface area contributed by atoms with Crippen molar-refractivity contribution in [3.8, 4) is 0 Å². The van der Waals surface area contributed by atoms with Crippen molar-refractivity contribution in [2.24, 2.45) is 0 Å². The van der Waals surface area contributed by atoms with Crippen LogP contribution in [0, 0.1) is 6.07 Å². The Bertz CT molecular complexity index is 1750. The van der Waals surface area contributed by atoms with E-state index in [1.54, 1.807) is 0 Å². The smallest absolute Gasteiger partial charge is 0.00137 e. The van der Waals surface area contributed by atoms with Gasteiger partial charge in [0.05, 0.1) is 0 Å². The quantitative estimate of drug-likeness (QED) is 0.233. The van der Waals surface area contributed by atoms with Gasteiger partial charge in [-0.05, 0) is 76.8 Å². The molecule has 0 aliphatic rings. The minimum absolute atomic E-state index is 1.21. The highest BCUT2D eigenvalue weighted by atomic mass is 14.2. The molecule has 30 heavy (non-hydrogen) atoms. The molecule has 7 rings (SSSR count). The van der Waals surface area contributed by atoms with Crippen molar-refractivity contribution in [1.82, 2.24) is 0 Å². The van der Waals surface area contributed by atoms with Crippen LogP contribution in [0.2, 0.25) is 0 Å². The molecule has 7 aromatic rings. The molecule has 137 valence electrons. The summed E-state index contributed by atoms with van der Waals surface area (Å²) in [5.74, 6) is 0. The number of hydrogen-bond acceptors (Lipinski definition) is 0. The molecular weight excluding hydrogens is 360 g/mol. The Hall–Kier alpha value is -3.90. The number of fused-ring (bicyclic) bond motifs is 12. The van der Waals surface area contributed by atoms with Crippen molar-refractivity contribution in [2.45, 2.75) is 0 Å². The van der Waals surface area contributed by atoms with Crippen LogP contribution in [0.15, 0.2) is 103 Å². The highest BCUT2D eigenvalue weighted by Gasteiger charge is 2.13. The van der Waals surface area contributed by atoms with E-state index in [0.717, 1.165) is 0 Å². The Balaban J connectivity index is 1.77. The lowest BCUT2D eigenvalue weighted by atomic mass is 9.89. The van der Waals surface area contributed by atoms with E-state index in [1.165, 1.54) is 64.6 Å². The van der Waals surface area contributed by atoms with Crippen LogP contribution in [0.25, 0.3) is 64.6 Å². The molecular formula is C30H17. The van der Waals surface area contributed by atoms with Gasteiger partial charge in [0, 0.05) is 0 Å². The molecule has 0 aromatic heterocycles. The SMILES string of the molecule is [c]1cc2c3ccc4ccccc4c3ccc2c2c1c1ccccc1c1ccccc12. The van der Waals surface area contributed by atoms with Crippen LogP contribution >= 0.6 is 0 Å². The van der Waals surface area contributed by atoms with E-state index in [9.17, 15) is 0 Å². The first-order valence-electron chi connectivity index (χ1n) is 10.4. The van der Waals surface area contributed by atoms with E-state index < -0.39 is 0 Å². The van der Waals surface area contributed by atoms with Gasteiger partial charge in [-0.2, -0.15) is 0 Å². The maximum Gasteiger partial charge on any atom is -0.00137 e. The van der Waals surface area contributed by atoms with Crippen molar-refractivity contribution in [3.63, 3.8) is 0 Å². The van der Waals surface area contributed by atoms with Crippen molar-refractivity contribution in [1.29, 1.82) is 0 Å². The van der Waals surface area contributed by atoms with Crippen LogP contribution in [0.1, 0.15) is 0 Å². The summed E-state index contributed by atoms with van der Waals surface area (Å²) in [6.45, 7) is 0. The van der Waals surface area contributed by atoms with Gasteiger partial charge in [0.15, 0.2) is 0 Å². The molecule has 0 saturated heterocycles. The fourth-order valence-electron chi connectivity index (χ4n) is 5.20. The fraction of sp³-hybridized carbons (Fsp3) is 0. The van der Waals surface area contributed by atoms with Gasteiger partial charge in [-0.15, -0.1) is 0 Å². The predicted octanol–water partition coefficient (Wildman–Crippen LogP) is 8.41. The largest absolute Gasteiger partial charge is 0.0616 e. The molecule has 0 fully saturated rings. The second-order valence-corrected chi connectivity index (χ2v) is 8.04. The molecule has 0 bridgehead atoms. The first-order chi connectivity index (χ1) is 14.9. The molecule has 0 heterocycles. The Kier molecular flexibility index (Phi) is 3.09. The number of hydrogen-bond donors (Lipinski definition) is 0. The summed E-state index contributed by atoms with van der Waals surface area (Å²) >= 11 is 0. The highest BCUT2D eigenvalue weighted by molar-refractivity contribution is 6.33. The second-order valence-electron chi connectivity index (χ2n) is 8.04. The van der Waals surface area contributed by atoms with Crippen molar-refractivity contribution in [2.75, 3.05) is 0 Å². The molecule has 0 aliphatic carbocycles. The van der Waals surface area contributed by atoms with Crippen LogP contribution < -0.4 is 0 Å². The standard InChI is InChI=1S/C30H17/c1-2-8-20-19(7-1)13-14-25-24(20)15-17-29-26(25)16-18-28-23-11-4-3-9-21(23)22-10-5-6-12-27(22)30(28)29/h1-17H. The fourth-order valence-corrected chi connectivity index (χ4v) is 5.20. The molecule has 0 N–H and O–H groups in total. The van der Waals surface area contributed by atoms with Crippen LogP contribution in [-0.2, 0) is 0 Å². The van der Waals surface area contributed by atoms with Gasteiger partial charge in [-0.3, -0.25) is 0 Å². The normalized spacial score (nSPS) is 12.0. The van der Waals surface area contributed by atoms with Gasteiger partial charge in [0.25, 0.3) is 0 Å². The minimum Gasteiger partial charge on any atom is -0.0616 e. The molecule has 0 aliphatic heterocycles. The van der Waals surface area contributed by atoms with Crippen molar-refractivity contribution in [3.05, 3.63) is 109 Å². The van der Waals surface area contributed by atoms with E-state index in [-0.39, 0.29) is 0 Å². The molecule has 1 radical (unpaired) electrons. The maximum absolute atomic E-state index is 3.67.